The van der Waals surface area contributed by atoms with Crippen molar-refractivity contribution in [1.29, 1.82) is 0 Å². The zero-order valence-electron chi connectivity index (χ0n) is 42.6. The van der Waals surface area contributed by atoms with Crippen LogP contribution >= 0.6 is 0 Å². The van der Waals surface area contributed by atoms with Crippen LogP contribution in [0.5, 0.6) is 0 Å². The average Bonchev–Trinajstić information content (AvgIpc) is 4.13. The Balaban J connectivity index is 0.911. The number of benzene rings is 13. The monoisotopic (exact) mass is 988 g/mol. The molecule has 0 atom stereocenters. The van der Waals surface area contributed by atoms with Gasteiger partial charge in [0.25, 0.3) is 0 Å². The molecule has 0 saturated carbocycles. The predicted molar refractivity (Wildman–Crippen MR) is 323 cm³/mol. The van der Waals surface area contributed by atoms with Crippen LogP contribution in [0.3, 0.4) is 0 Å². The standard InChI is InChI=1S/C76H48N2/c1-4-23-51(24-5-1)75(52-25-6-2-7-26-52)69-46-54(40-44-62(69)63-45-41-56(48-70(63)75)78-72-37-19-22-50-21-18-33-64(73(50)72)65-42-38-49-20-10-11-29-57(49)74(65)78)77(53-27-8-3-9-28-53)55-39-43-61-60-32-14-17-36-68(60)76(71(61)47-55)66-34-15-12-30-58(66)59-31-13-16-35-67(59)76/h1-48H. The van der Waals surface area contributed by atoms with E-state index in [1.54, 1.807) is 0 Å². The number of fused-ring (bicyclic) bond motifs is 17. The van der Waals surface area contributed by atoms with Crippen LogP contribution in [-0.2, 0) is 10.8 Å². The van der Waals surface area contributed by atoms with Crippen molar-refractivity contribution in [2.45, 2.75) is 10.8 Å². The Morgan fingerprint density at radius 3 is 1.33 bits per heavy atom. The number of nitrogens with zero attached hydrogens (tertiary/aromatic N) is 2. The maximum atomic E-state index is 2.56. The topological polar surface area (TPSA) is 6.48 Å². The number of hydrogen-bond acceptors (Lipinski definition) is 2. The Morgan fingerprint density at radius 2 is 0.718 bits per heavy atom. The molecule has 2 heteroatoms. The maximum absolute atomic E-state index is 2.56. The molecule has 17 rings (SSSR count). The summed E-state index contributed by atoms with van der Waals surface area (Å²) in [6.45, 7) is 0. The van der Waals surface area contributed by atoms with Gasteiger partial charge in [0.05, 0.1) is 22.2 Å². The first-order valence-electron chi connectivity index (χ1n) is 27.2. The van der Waals surface area contributed by atoms with Crippen molar-refractivity contribution >= 4 is 55.7 Å². The van der Waals surface area contributed by atoms with Crippen LogP contribution in [0.4, 0.5) is 34.1 Å². The third kappa shape index (κ3) is 5.65. The number of anilines is 6. The van der Waals surface area contributed by atoms with Crippen molar-refractivity contribution < 1.29 is 0 Å². The molecule has 0 N–H and O–H groups in total. The molecule has 4 aliphatic rings. The summed E-state index contributed by atoms with van der Waals surface area (Å²) in [5.74, 6) is 0. The molecule has 13 aromatic carbocycles. The molecule has 0 fully saturated rings. The molecular formula is C76H48N2. The number of hydrogen-bond donors (Lipinski definition) is 0. The molecule has 362 valence electrons. The second-order valence-corrected chi connectivity index (χ2v) is 21.4. The van der Waals surface area contributed by atoms with Crippen molar-refractivity contribution in [1.82, 2.24) is 0 Å². The molecule has 0 unspecified atom stereocenters. The summed E-state index contributed by atoms with van der Waals surface area (Å²) in [6, 6.07) is 110. The highest BCUT2D eigenvalue weighted by molar-refractivity contribution is 6.19. The third-order valence-corrected chi connectivity index (χ3v) is 17.8. The molecular weight excluding hydrogens is 941 g/mol. The zero-order valence-corrected chi connectivity index (χ0v) is 42.6. The lowest BCUT2D eigenvalue weighted by molar-refractivity contribution is 0.768. The van der Waals surface area contributed by atoms with Gasteiger partial charge in [-0.3, -0.25) is 0 Å². The van der Waals surface area contributed by atoms with Crippen LogP contribution in [0.15, 0.2) is 291 Å². The second-order valence-electron chi connectivity index (χ2n) is 21.4. The first-order chi connectivity index (χ1) is 38.7. The van der Waals surface area contributed by atoms with Gasteiger partial charge in [0.2, 0.25) is 0 Å². The van der Waals surface area contributed by atoms with Crippen molar-refractivity contribution in [2.24, 2.45) is 0 Å². The highest BCUT2D eigenvalue weighted by Gasteiger charge is 2.52. The summed E-state index contributed by atoms with van der Waals surface area (Å²) < 4.78 is 0. The van der Waals surface area contributed by atoms with E-state index in [4.69, 9.17) is 0 Å². The lowest BCUT2D eigenvalue weighted by Crippen LogP contribution is -2.29. The molecule has 1 heterocycles. The van der Waals surface area contributed by atoms with Gasteiger partial charge in [-0.25, -0.2) is 0 Å². The van der Waals surface area contributed by atoms with Gasteiger partial charge < -0.3 is 9.80 Å². The van der Waals surface area contributed by atoms with E-state index in [1.807, 2.05) is 0 Å². The van der Waals surface area contributed by atoms with Crippen molar-refractivity contribution in [2.75, 3.05) is 9.80 Å². The van der Waals surface area contributed by atoms with Crippen molar-refractivity contribution in [3.63, 3.8) is 0 Å². The largest absolute Gasteiger partial charge is 0.310 e. The van der Waals surface area contributed by atoms with E-state index in [0.29, 0.717) is 0 Å². The fraction of sp³-hybridized carbons (Fsp3) is 0.0263. The fourth-order valence-electron chi connectivity index (χ4n) is 14.8. The average molecular weight is 989 g/mol. The predicted octanol–water partition coefficient (Wildman–Crippen LogP) is 19.6. The fourth-order valence-corrected chi connectivity index (χ4v) is 14.8. The maximum Gasteiger partial charge on any atom is 0.0726 e. The van der Waals surface area contributed by atoms with Crippen LogP contribution in [-0.4, -0.2) is 0 Å². The van der Waals surface area contributed by atoms with Gasteiger partial charge in [-0.05, 0) is 149 Å². The Bertz CT molecular complexity index is 4520. The Morgan fingerprint density at radius 1 is 0.269 bits per heavy atom. The molecule has 78 heavy (non-hydrogen) atoms. The van der Waals surface area contributed by atoms with Crippen molar-refractivity contribution in [3.05, 3.63) is 336 Å². The van der Waals surface area contributed by atoms with Gasteiger partial charge in [0.1, 0.15) is 0 Å². The van der Waals surface area contributed by atoms with E-state index in [1.165, 1.54) is 122 Å². The molecule has 2 nitrogen and oxygen atoms in total. The van der Waals surface area contributed by atoms with Gasteiger partial charge in [-0.1, -0.05) is 237 Å². The Hall–Kier alpha value is -10.0. The molecule has 0 bridgehead atoms. The van der Waals surface area contributed by atoms with Crippen LogP contribution in [0.1, 0.15) is 44.5 Å². The molecule has 0 radical (unpaired) electrons. The Kier molecular flexibility index (Phi) is 9.01. The van der Waals surface area contributed by atoms with E-state index in [-0.39, 0.29) is 0 Å². The summed E-state index contributed by atoms with van der Waals surface area (Å²) in [5.41, 5.74) is 26.2. The SMILES string of the molecule is c1ccc(N(c2ccc3c(c2)C(c2ccccc2)(c2ccccc2)c2cc(N4c5c(ccc6ccccc56)-c5cccc6cccc4c56)ccc2-3)c2ccc3c(c2)C2(c4ccccc4-c4ccccc42)c2ccccc2-3)cc1. The quantitative estimate of drug-likeness (QED) is 0.164. The lowest BCUT2D eigenvalue weighted by atomic mass is 9.67. The van der Waals surface area contributed by atoms with Gasteiger partial charge in [0, 0.05) is 39.1 Å². The summed E-state index contributed by atoms with van der Waals surface area (Å²) in [6.07, 6.45) is 0. The van der Waals surface area contributed by atoms with Crippen LogP contribution < -0.4 is 9.80 Å². The molecule has 0 saturated heterocycles. The third-order valence-electron chi connectivity index (χ3n) is 17.8. The number of rotatable bonds is 6. The summed E-state index contributed by atoms with van der Waals surface area (Å²) >= 11 is 0. The van der Waals surface area contributed by atoms with Crippen LogP contribution in [0, 0.1) is 0 Å². The first kappa shape index (κ1) is 43.2. The van der Waals surface area contributed by atoms with Gasteiger partial charge >= 0.3 is 0 Å². The highest BCUT2D eigenvalue weighted by Crippen LogP contribution is 2.64. The molecule has 3 aliphatic carbocycles. The minimum Gasteiger partial charge on any atom is -0.310 e. The van der Waals surface area contributed by atoms with Crippen LogP contribution in [0.2, 0.25) is 0 Å². The minimum absolute atomic E-state index is 0.473. The van der Waals surface area contributed by atoms with E-state index in [0.717, 1.165) is 22.7 Å². The first-order valence-corrected chi connectivity index (χ1v) is 27.2. The zero-order chi connectivity index (χ0) is 51.1. The van der Waals surface area contributed by atoms with E-state index >= 15 is 0 Å². The summed E-state index contributed by atoms with van der Waals surface area (Å²) in [5, 5.41) is 4.97. The van der Waals surface area contributed by atoms with E-state index < -0.39 is 10.8 Å². The molecule has 0 amide bonds. The minimum atomic E-state index is -0.691. The van der Waals surface area contributed by atoms with Gasteiger partial charge in [0.15, 0.2) is 0 Å². The summed E-state index contributed by atoms with van der Waals surface area (Å²) in [7, 11) is 0. The normalized spacial score (nSPS) is 14.1. The highest BCUT2D eigenvalue weighted by atomic mass is 15.2. The molecule has 0 aromatic heterocycles. The van der Waals surface area contributed by atoms with Crippen molar-refractivity contribution in [3.8, 4) is 44.5 Å². The smallest absolute Gasteiger partial charge is 0.0726 e. The van der Waals surface area contributed by atoms with Crippen LogP contribution in [0.25, 0.3) is 66.1 Å². The number of para-hydroxylation sites is 1. The second kappa shape index (κ2) is 16.2. The Labute approximate surface area is 454 Å². The van der Waals surface area contributed by atoms with E-state index in [2.05, 4.69) is 301 Å². The molecule has 13 aromatic rings. The molecule has 1 spiro atoms. The lowest BCUT2D eigenvalue weighted by Gasteiger charge is -2.37. The van der Waals surface area contributed by atoms with E-state index in [9.17, 15) is 0 Å². The molecule has 1 aliphatic heterocycles. The van der Waals surface area contributed by atoms with Gasteiger partial charge in [-0.2, -0.15) is 0 Å². The van der Waals surface area contributed by atoms with Gasteiger partial charge in [-0.15, -0.1) is 0 Å². The summed E-state index contributed by atoms with van der Waals surface area (Å²) in [4.78, 5) is 5.05.